The fourth-order valence-corrected chi connectivity index (χ4v) is 2.06. The molecule has 1 saturated heterocycles. The van der Waals surface area contributed by atoms with Gasteiger partial charge in [0.1, 0.15) is 0 Å². The molecule has 2 rings (SSSR count). The number of rotatable bonds is 3. The minimum Gasteiger partial charge on any atom is -0.375 e. The number of hydrogen-bond acceptors (Lipinski definition) is 3. The lowest BCUT2D eigenvalue weighted by molar-refractivity contribution is -0.141. The van der Waals surface area contributed by atoms with Gasteiger partial charge in [0.15, 0.2) is 0 Å². The second-order valence-corrected chi connectivity index (χ2v) is 4.69. The van der Waals surface area contributed by atoms with Crippen molar-refractivity contribution in [1.29, 1.82) is 0 Å². The number of morpholine rings is 1. The molecule has 4 nitrogen and oxygen atoms in total. The molecule has 1 aliphatic heterocycles. The fraction of sp³-hybridized carbons (Fsp3) is 0.909. The maximum absolute atomic E-state index is 12.0. The van der Waals surface area contributed by atoms with Crippen molar-refractivity contribution in [3.63, 3.8) is 0 Å². The Hall–Kier alpha value is -0.610. The molecule has 0 aromatic carbocycles. The van der Waals surface area contributed by atoms with Crippen molar-refractivity contribution >= 4 is 5.91 Å². The molecule has 0 aromatic heterocycles. The van der Waals surface area contributed by atoms with E-state index in [4.69, 9.17) is 10.5 Å². The topological polar surface area (TPSA) is 55.6 Å². The van der Waals surface area contributed by atoms with Crippen molar-refractivity contribution in [2.45, 2.75) is 44.2 Å². The van der Waals surface area contributed by atoms with Crippen molar-refractivity contribution in [2.75, 3.05) is 19.7 Å². The van der Waals surface area contributed by atoms with Gasteiger partial charge in [-0.05, 0) is 19.3 Å². The highest BCUT2D eigenvalue weighted by Crippen LogP contribution is 2.34. The number of carbonyl (C=O) groups is 1. The van der Waals surface area contributed by atoms with Crippen LogP contribution in [0, 0.1) is 0 Å². The van der Waals surface area contributed by atoms with Crippen LogP contribution in [0.2, 0.25) is 0 Å². The third kappa shape index (κ3) is 2.32. The Labute approximate surface area is 90.8 Å². The summed E-state index contributed by atoms with van der Waals surface area (Å²) in [6, 6.07) is 0. The summed E-state index contributed by atoms with van der Waals surface area (Å²) >= 11 is 0. The van der Waals surface area contributed by atoms with Gasteiger partial charge >= 0.3 is 0 Å². The van der Waals surface area contributed by atoms with Crippen LogP contribution >= 0.6 is 0 Å². The van der Waals surface area contributed by atoms with Gasteiger partial charge in [0, 0.05) is 13.1 Å². The van der Waals surface area contributed by atoms with Crippen molar-refractivity contribution in [1.82, 2.24) is 4.90 Å². The first kappa shape index (κ1) is 10.9. The maximum atomic E-state index is 12.0. The lowest BCUT2D eigenvalue weighted by Crippen LogP contribution is -2.52. The van der Waals surface area contributed by atoms with Crippen LogP contribution in [0.4, 0.5) is 0 Å². The summed E-state index contributed by atoms with van der Waals surface area (Å²) in [4.78, 5) is 13.9. The zero-order chi connectivity index (χ0) is 10.9. The molecule has 2 fully saturated rings. The van der Waals surface area contributed by atoms with E-state index in [9.17, 15) is 4.79 Å². The van der Waals surface area contributed by atoms with Gasteiger partial charge < -0.3 is 15.4 Å². The van der Waals surface area contributed by atoms with E-state index in [1.165, 1.54) is 0 Å². The molecular weight excluding hydrogens is 192 g/mol. The third-order valence-electron chi connectivity index (χ3n) is 3.25. The average Bonchev–Trinajstić information content (AvgIpc) is 2.98. The summed E-state index contributed by atoms with van der Waals surface area (Å²) in [6.07, 6.45) is 4.04. The minimum absolute atomic E-state index is 0.131. The lowest BCUT2D eigenvalue weighted by atomic mass is 10.1. The van der Waals surface area contributed by atoms with Crippen LogP contribution in [0.3, 0.4) is 0 Å². The molecule has 1 amide bonds. The van der Waals surface area contributed by atoms with E-state index >= 15 is 0 Å². The maximum Gasteiger partial charge on any atom is 0.242 e. The van der Waals surface area contributed by atoms with E-state index in [1.807, 2.05) is 4.90 Å². The first-order chi connectivity index (χ1) is 7.15. The van der Waals surface area contributed by atoms with Crippen molar-refractivity contribution in [2.24, 2.45) is 5.73 Å². The first-order valence-corrected chi connectivity index (χ1v) is 5.85. The van der Waals surface area contributed by atoms with Gasteiger partial charge in [-0.15, -0.1) is 0 Å². The van der Waals surface area contributed by atoms with E-state index < -0.39 is 5.54 Å². The zero-order valence-corrected chi connectivity index (χ0v) is 9.37. The molecule has 1 unspecified atom stereocenters. The average molecular weight is 212 g/mol. The van der Waals surface area contributed by atoms with Gasteiger partial charge in [-0.1, -0.05) is 13.3 Å². The summed E-state index contributed by atoms with van der Waals surface area (Å²) in [5.41, 5.74) is 5.39. The van der Waals surface area contributed by atoms with Gasteiger partial charge in [-0.2, -0.15) is 0 Å². The molecule has 1 saturated carbocycles. The van der Waals surface area contributed by atoms with Crippen LogP contribution < -0.4 is 5.73 Å². The number of nitrogens with two attached hydrogens (primary N) is 1. The second kappa shape index (κ2) is 4.10. The van der Waals surface area contributed by atoms with Gasteiger partial charge in [0.05, 0.1) is 18.2 Å². The lowest BCUT2D eigenvalue weighted by Gasteiger charge is -2.34. The molecule has 0 bridgehead atoms. The van der Waals surface area contributed by atoms with E-state index in [0.29, 0.717) is 13.2 Å². The SMILES string of the molecule is CCCC1CN(C(=O)C2(N)CC2)CCO1. The smallest absolute Gasteiger partial charge is 0.242 e. The van der Waals surface area contributed by atoms with Crippen LogP contribution in [0.1, 0.15) is 32.6 Å². The molecule has 2 aliphatic rings. The number of nitrogens with zero attached hydrogens (tertiary/aromatic N) is 1. The number of ether oxygens (including phenoxy) is 1. The van der Waals surface area contributed by atoms with E-state index in [-0.39, 0.29) is 12.0 Å². The molecule has 2 N–H and O–H groups in total. The van der Waals surface area contributed by atoms with Crippen LogP contribution in [0.25, 0.3) is 0 Å². The highest BCUT2D eigenvalue weighted by Gasteiger charge is 2.48. The predicted molar refractivity (Wildman–Crippen MR) is 57.4 cm³/mol. The Kier molecular flexibility index (Phi) is 2.98. The molecule has 4 heteroatoms. The quantitative estimate of drug-likeness (QED) is 0.741. The third-order valence-corrected chi connectivity index (χ3v) is 3.25. The molecule has 86 valence electrons. The number of hydrogen-bond donors (Lipinski definition) is 1. The highest BCUT2D eigenvalue weighted by molar-refractivity contribution is 5.89. The monoisotopic (exact) mass is 212 g/mol. The van der Waals surface area contributed by atoms with E-state index in [0.717, 1.165) is 32.2 Å². The molecule has 0 aromatic rings. The fourth-order valence-electron chi connectivity index (χ4n) is 2.06. The van der Waals surface area contributed by atoms with Gasteiger partial charge in [0.25, 0.3) is 0 Å². The molecule has 0 radical (unpaired) electrons. The van der Waals surface area contributed by atoms with E-state index in [2.05, 4.69) is 6.92 Å². The van der Waals surface area contributed by atoms with Crippen LogP contribution in [0.15, 0.2) is 0 Å². The normalized spacial score (nSPS) is 28.9. The Bertz CT molecular complexity index is 249. The van der Waals surface area contributed by atoms with Gasteiger partial charge in [-0.3, -0.25) is 4.79 Å². The molecular formula is C11H20N2O2. The standard InChI is InChI=1S/C11H20N2O2/c1-2-3-9-8-13(6-7-15-9)10(14)11(12)4-5-11/h9H,2-8,12H2,1H3. The minimum atomic E-state index is -0.520. The Morgan fingerprint density at radius 2 is 2.33 bits per heavy atom. The molecule has 0 spiro atoms. The Morgan fingerprint density at radius 3 is 2.93 bits per heavy atom. The predicted octanol–water partition coefficient (Wildman–Crippen LogP) is 0.505. The first-order valence-electron chi connectivity index (χ1n) is 5.85. The summed E-state index contributed by atoms with van der Waals surface area (Å²) in [5.74, 6) is 0.131. The zero-order valence-electron chi connectivity index (χ0n) is 9.37. The summed E-state index contributed by atoms with van der Waals surface area (Å²) in [5, 5.41) is 0. The van der Waals surface area contributed by atoms with Crippen LogP contribution in [-0.2, 0) is 9.53 Å². The van der Waals surface area contributed by atoms with Crippen LogP contribution in [0.5, 0.6) is 0 Å². The number of amides is 1. The van der Waals surface area contributed by atoms with Crippen LogP contribution in [-0.4, -0.2) is 42.1 Å². The van der Waals surface area contributed by atoms with E-state index in [1.54, 1.807) is 0 Å². The van der Waals surface area contributed by atoms with Crippen molar-refractivity contribution < 1.29 is 9.53 Å². The highest BCUT2D eigenvalue weighted by atomic mass is 16.5. The molecule has 1 heterocycles. The number of carbonyl (C=O) groups excluding carboxylic acids is 1. The van der Waals surface area contributed by atoms with Gasteiger partial charge in [0.2, 0.25) is 5.91 Å². The Morgan fingerprint density at radius 1 is 1.60 bits per heavy atom. The van der Waals surface area contributed by atoms with Crippen molar-refractivity contribution in [3.8, 4) is 0 Å². The molecule has 1 atom stereocenters. The summed E-state index contributed by atoms with van der Waals surface area (Å²) in [7, 11) is 0. The second-order valence-electron chi connectivity index (χ2n) is 4.69. The molecule has 15 heavy (non-hydrogen) atoms. The Balaban J connectivity index is 1.89. The van der Waals surface area contributed by atoms with Crippen molar-refractivity contribution in [3.05, 3.63) is 0 Å². The summed E-state index contributed by atoms with van der Waals surface area (Å²) in [6.45, 7) is 4.23. The molecule has 1 aliphatic carbocycles. The largest absolute Gasteiger partial charge is 0.375 e. The van der Waals surface area contributed by atoms with Gasteiger partial charge in [-0.25, -0.2) is 0 Å². The summed E-state index contributed by atoms with van der Waals surface area (Å²) < 4.78 is 5.60.